The Labute approximate surface area is 149 Å². The van der Waals surface area contributed by atoms with Gasteiger partial charge in [0.15, 0.2) is 5.79 Å². The van der Waals surface area contributed by atoms with Gasteiger partial charge in [0.2, 0.25) is 5.91 Å². The molecular weight excluding hydrogens is 351 g/mol. The summed E-state index contributed by atoms with van der Waals surface area (Å²) in [6.07, 6.45) is 1.46. The molecule has 6 nitrogen and oxygen atoms in total. The van der Waals surface area contributed by atoms with Crippen LogP contribution in [0.1, 0.15) is 19.3 Å². The maximum atomic E-state index is 13.3. The molecule has 3 aliphatic rings. The van der Waals surface area contributed by atoms with Gasteiger partial charge in [-0.2, -0.15) is 0 Å². The molecular formula is C17H18ClFN2O4. The number of benzene rings is 1. The molecule has 3 saturated heterocycles. The molecule has 3 aliphatic heterocycles. The van der Waals surface area contributed by atoms with Gasteiger partial charge in [0.1, 0.15) is 5.82 Å². The van der Waals surface area contributed by atoms with E-state index in [0.29, 0.717) is 44.8 Å². The van der Waals surface area contributed by atoms with Gasteiger partial charge in [-0.3, -0.25) is 14.5 Å². The van der Waals surface area contributed by atoms with Gasteiger partial charge in [-0.25, -0.2) is 9.29 Å². The van der Waals surface area contributed by atoms with Crippen molar-refractivity contribution in [2.75, 3.05) is 31.2 Å². The van der Waals surface area contributed by atoms with Gasteiger partial charge in [0, 0.05) is 25.9 Å². The van der Waals surface area contributed by atoms with Crippen molar-refractivity contribution < 1.29 is 23.5 Å². The highest BCUT2D eigenvalue weighted by molar-refractivity contribution is 6.31. The lowest BCUT2D eigenvalue weighted by Crippen LogP contribution is -2.51. The van der Waals surface area contributed by atoms with Crippen LogP contribution in [-0.2, 0) is 19.1 Å². The highest BCUT2D eigenvalue weighted by atomic mass is 35.5. The van der Waals surface area contributed by atoms with E-state index in [-0.39, 0.29) is 23.3 Å². The maximum Gasteiger partial charge on any atom is 0.251 e. The minimum atomic E-state index is -0.584. The molecule has 2 amide bonds. The first-order valence-corrected chi connectivity index (χ1v) is 8.71. The summed E-state index contributed by atoms with van der Waals surface area (Å²) in [5.74, 6) is -1.70. The normalized spacial score (nSPS) is 26.8. The number of imide groups is 1. The van der Waals surface area contributed by atoms with Crippen molar-refractivity contribution >= 4 is 29.1 Å². The fourth-order valence-electron chi connectivity index (χ4n) is 3.76. The highest BCUT2D eigenvalue weighted by Gasteiger charge is 2.47. The first-order chi connectivity index (χ1) is 12.0. The Bertz CT molecular complexity index is 713. The molecule has 25 heavy (non-hydrogen) atoms. The van der Waals surface area contributed by atoms with Gasteiger partial charge in [0.25, 0.3) is 5.91 Å². The molecule has 1 spiro atoms. The van der Waals surface area contributed by atoms with Crippen LogP contribution in [0.4, 0.5) is 10.1 Å². The maximum absolute atomic E-state index is 13.3. The number of hydrogen-bond donors (Lipinski definition) is 0. The summed E-state index contributed by atoms with van der Waals surface area (Å²) >= 11 is 5.78. The van der Waals surface area contributed by atoms with Crippen LogP contribution in [0.3, 0.4) is 0 Å². The van der Waals surface area contributed by atoms with Gasteiger partial charge in [-0.15, -0.1) is 0 Å². The number of halogens is 2. The van der Waals surface area contributed by atoms with Gasteiger partial charge < -0.3 is 9.47 Å². The average Bonchev–Trinajstić information content (AvgIpc) is 3.16. The van der Waals surface area contributed by atoms with E-state index < -0.39 is 17.6 Å². The quantitative estimate of drug-likeness (QED) is 0.747. The van der Waals surface area contributed by atoms with Crippen LogP contribution >= 0.6 is 11.6 Å². The summed E-state index contributed by atoms with van der Waals surface area (Å²) < 4.78 is 24.7. The number of hydrogen-bond acceptors (Lipinski definition) is 5. The molecule has 8 heteroatoms. The number of likely N-dealkylation sites (tertiary alicyclic amines) is 1. The number of amides is 2. The van der Waals surface area contributed by atoms with Crippen molar-refractivity contribution in [2.45, 2.75) is 31.1 Å². The number of anilines is 1. The summed E-state index contributed by atoms with van der Waals surface area (Å²) in [7, 11) is 0. The second kappa shape index (κ2) is 6.32. The number of nitrogens with zero attached hydrogens (tertiary/aromatic N) is 2. The Kier molecular flexibility index (Phi) is 4.27. The highest BCUT2D eigenvalue weighted by Crippen LogP contribution is 2.35. The number of carbonyl (C=O) groups is 2. The van der Waals surface area contributed by atoms with Gasteiger partial charge in [-0.05, 0) is 18.2 Å². The van der Waals surface area contributed by atoms with Crippen molar-refractivity contribution in [3.63, 3.8) is 0 Å². The summed E-state index contributed by atoms with van der Waals surface area (Å²) in [5.41, 5.74) is 0.305. The third-order valence-corrected chi connectivity index (χ3v) is 5.39. The van der Waals surface area contributed by atoms with Crippen molar-refractivity contribution in [2.24, 2.45) is 0 Å². The third-order valence-electron chi connectivity index (χ3n) is 5.10. The molecule has 0 aromatic heterocycles. The molecule has 0 radical (unpaired) electrons. The molecule has 1 aromatic rings. The number of piperidine rings is 1. The molecule has 0 saturated carbocycles. The van der Waals surface area contributed by atoms with E-state index in [1.54, 1.807) is 0 Å². The van der Waals surface area contributed by atoms with Crippen LogP contribution in [0, 0.1) is 5.82 Å². The standard InChI is InChI=1S/C17H18ClFN2O4/c18-12-9-11(1-2-13(12)19)21-15(22)10-14(16(21)23)20-5-3-17(4-6-20)24-7-8-25-17/h1-2,9,14H,3-8,10H2. The summed E-state index contributed by atoms with van der Waals surface area (Å²) in [4.78, 5) is 28.3. The topological polar surface area (TPSA) is 59.1 Å². The second-order valence-electron chi connectivity index (χ2n) is 6.53. The molecule has 1 aromatic carbocycles. The van der Waals surface area contributed by atoms with Crippen LogP contribution in [0.2, 0.25) is 5.02 Å². The van der Waals surface area contributed by atoms with E-state index in [1.807, 2.05) is 4.90 Å². The van der Waals surface area contributed by atoms with Crippen LogP contribution in [0.25, 0.3) is 0 Å². The molecule has 0 bridgehead atoms. The third kappa shape index (κ3) is 2.95. The summed E-state index contributed by atoms with van der Waals surface area (Å²) in [5, 5.41) is -0.114. The van der Waals surface area contributed by atoms with Gasteiger partial charge in [0.05, 0.1) is 36.4 Å². The largest absolute Gasteiger partial charge is 0.347 e. The Balaban J connectivity index is 1.48. The average molecular weight is 369 g/mol. The number of ether oxygens (including phenoxy) is 2. The molecule has 1 unspecified atom stereocenters. The molecule has 4 rings (SSSR count). The molecule has 1 atom stereocenters. The van der Waals surface area contributed by atoms with E-state index in [1.165, 1.54) is 12.1 Å². The van der Waals surface area contributed by atoms with E-state index >= 15 is 0 Å². The van der Waals surface area contributed by atoms with E-state index in [0.717, 1.165) is 11.0 Å². The fraction of sp³-hybridized carbons (Fsp3) is 0.529. The molecule has 134 valence electrons. The molecule has 3 heterocycles. The Morgan fingerprint density at radius 2 is 1.84 bits per heavy atom. The number of carbonyl (C=O) groups excluding carboxylic acids is 2. The van der Waals surface area contributed by atoms with E-state index in [2.05, 4.69) is 0 Å². The second-order valence-corrected chi connectivity index (χ2v) is 6.94. The van der Waals surface area contributed by atoms with E-state index in [4.69, 9.17) is 21.1 Å². The van der Waals surface area contributed by atoms with Crippen molar-refractivity contribution in [3.05, 3.63) is 29.0 Å². The summed E-state index contributed by atoms with van der Waals surface area (Å²) in [6, 6.07) is 3.35. The van der Waals surface area contributed by atoms with E-state index in [9.17, 15) is 14.0 Å². The lowest BCUT2D eigenvalue weighted by Gasteiger charge is -2.39. The lowest BCUT2D eigenvalue weighted by molar-refractivity contribution is -0.188. The summed E-state index contributed by atoms with van der Waals surface area (Å²) in [6.45, 7) is 2.45. The predicted molar refractivity (Wildman–Crippen MR) is 87.8 cm³/mol. The number of rotatable bonds is 2. The molecule has 3 fully saturated rings. The van der Waals surface area contributed by atoms with Gasteiger partial charge >= 0.3 is 0 Å². The zero-order valence-corrected chi connectivity index (χ0v) is 14.3. The minimum Gasteiger partial charge on any atom is -0.347 e. The first-order valence-electron chi connectivity index (χ1n) is 8.33. The Morgan fingerprint density at radius 3 is 2.48 bits per heavy atom. The van der Waals surface area contributed by atoms with Gasteiger partial charge in [-0.1, -0.05) is 11.6 Å². The predicted octanol–water partition coefficient (Wildman–Crippen LogP) is 1.95. The smallest absolute Gasteiger partial charge is 0.251 e. The van der Waals surface area contributed by atoms with Crippen LogP contribution < -0.4 is 4.90 Å². The first kappa shape index (κ1) is 16.9. The van der Waals surface area contributed by atoms with Crippen LogP contribution in [-0.4, -0.2) is 54.8 Å². The van der Waals surface area contributed by atoms with Crippen molar-refractivity contribution in [1.29, 1.82) is 0 Å². The minimum absolute atomic E-state index is 0.114. The Morgan fingerprint density at radius 1 is 1.16 bits per heavy atom. The SMILES string of the molecule is O=C1CC(N2CCC3(CC2)OCCO3)C(=O)N1c1ccc(F)c(Cl)c1. The zero-order chi connectivity index (χ0) is 17.6. The Hall–Kier alpha value is -1.54. The van der Waals surface area contributed by atoms with Crippen LogP contribution in [0.15, 0.2) is 18.2 Å². The van der Waals surface area contributed by atoms with Crippen molar-refractivity contribution in [3.8, 4) is 0 Å². The molecule has 0 N–H and O–H groups in total. The fourth-order valence-corrected chi connectivity index (χ4v) is 3.93. The zero-order valence-electron chi connectivity index (χ0n) is 13.5. The van der Waals surface area contributed by atoms with Crippen molar-refractivity contribution in [1.82, 2.24) is 4.90 Å². The molecule has 0 aliphatic carbocycles. The monoisotopic (exact) mass is 368 g/mol. The lowest BCUT2D eigenvalue weighted by atomic mass is 10.0. The van der Waals surface area contributed by atoms with Crippen LogP contribution in [0.5, 0.6) is 0 Å².